The fraction of sp³-hybridized carbons (Fsp3) is 0.611. The summed E-state index contributed by atoms with van der Waals surface area (Å²) in [6.45, 7) is 11.9. The third-order valence-electron chi connectivity index (χ3n) is 4.52. The van der Waals surface area contributed by atoms with E-state index in [0.29, 0.717) is 0 Å². The minimum absolute atomic E-state index is 0.199. The zero-order valence-electron chi connectivity index (χ0n) is 16.6. The Labute approximate surface area is 157 Å². The van der Waals surface area contributed by atoms with Crippen molar-refractivity contribution < 1.29 is 32.0 Å². The second kappa shape index (κ2) is 6.70. The van der Waals surface area contributed by atoms with Gasteiger partial charge in [0.15, 0.2) is 0 Å². The van der Waals surface area contributed by atoms with Crippen LogP contribution in [0.4, 0.5) is 23.7 Å². The zero-order valence-corrected chi connectivity index (χ0v) is 16.6. The Morgan fingerprint density at radius 2 is 1.59 bits per heavy atom. The van der Waals surface area contributed by atoms with Crippen molar-refractivity contribution in [1.29, 1.82) is 0 Å². The van der Waals surface area contributed by atoms with E-state index in [1.807, 2.05) is 0 Å². The molecule has 0 spiro atoms. The van der Waals surface area contributed by atoms with E-state index in [2.05, 4.69) is 5.32 Å². The molecule has 0 saturated carbocycles. The van der Waals surface area contributed by atoms with Gasteiger partial charge in [-0.2, -0.15) is 13.2 Å². The van der Waals surface area contributed by atoms with E-state index in [0.717, 1.165) is 0 Å². The van der Waals surface area contributed by atoms with E-state index in [-0.39, 0.29) is 5.46 Å². The predicted octanol–water partition coefficient (Wildman–Crippen LogP) is 4.35. The lowest BCUT2D eigenvalue weighted by molar-refractivity contribution is -0.136. The van der Waals surface area contributed by atoms with E-state index >= 15 is 0 Å². The number of carbonyl (C=O) groups excluding carboxylic acids is 1. The van der Waals surface area contributed by atoms with Crippen LogP contribution >= 0.6 is 0 Å². The van der Waals surface area contributed by atoms with Gasteiger partial charge in [-0.05, 0) is 60.0 Å². The van der Waals surface area contributed by atoms with Gasteiger partial charge in [-0.3, -0.25) is 5.32 Å². The van der Waals surface area contributed by atoms with Crippen LogP contribution in [0.25, 0.3) is 0 Å². The maximum atomic E-state index is 13.8. The number of benzene rings is 1. The normalized spacial score (nSPS) is 19.1. The lowest BCUT2D eigenvalue weighted by atomic mass is 9.75. The molecule has 150 valence electrons. The first-order chi connectivity index (χ1) is 12.0. The van der Waals surface area contributed by atoms with E-state index < -0.39 is 47.4 Å². The number of hydrogen-bond donors (Lipinski definition) is 1. The van der Waals surface area contributed by atoms with Crippen molar-refractivity contribution >= 4 is 24.4 Å². The molecule has 1 aromatic carbocycles. The standard InChI is InChI=1S/C18H25BF3NO4/c1-15(2,3)25-14(24)23-12-10-8-9-11(13(12)18(20,21)22)19-26-16(4,5)17(6,7)27-19/h8-10H,1-7H3,(H,23,24). The highest BCUT2D eigenvalue weighted by atomic mass is 19.4. The van der Waals surface area contributed by atoms with Gasteiger partial charge in [-0.25, -0.2) is 4.79 Å². The van der Waals surface area contributed by atoms with Crippen LogP contribution in [0.15, 0.2) is 18.2 Å². The Kier molecular flexibility index (Phi) is 5.35. The van der Waals surface area contributed by atoms with Crippen LogP contribution in [0.1, 0.15) is 54.0 Å². The molecular formula is C18H25BF3NO4. The summed E-state index contributed by atoms with van der Waals surface area (Å²) in [5, 5.41) is 2.19. The van der Waals surface area contributed by atoms with Gasteiger partial charge in [0.05, 0.1) is 22.5 Å². The molecule has 1 aromatic rings. The third kappa shape index (κ3) is 4.76. The topological polar surface area (TPSA) is 56.8 Å². The first-order valence-corrected chi connectivity index (χ1v) is 8.59. The van der Waals surface area contributed by atoms with E-state index in [1.54, 1.807) is 48.5 Å². The Balaban J connectivity index is 2.44. The molecule has 1 saturated heterocycles. The highest BCUT2D eigenvalue weighted by molar-refractivity contribution is 6.63. The number of ether oxygens (including phenoxy) is 1. The number of rotatable bonds is 2. The SMILES string of the molecule is CC(C)(C)OC(=O)Nc1cccc(B2OC(C)(C)C(C)(C)O2)c1C(F)(F)F. The first-order valence-electron chi connectivity index (χ1n) is 8.59. The van der Waals surface area contributed by atoms with Crippen molar-refractivity contribution in [3.8, 4) is 0 Å². The van der Waals surface area contributed by atoms with E-state index in [1.165, 1.54) is 18.2 Å². The van der Waals surface area contributed by atoms with Crippen molar-refractivity contribution in [1.82, 2.24) is 0 Å². The van der Waals surface area contributed by atoms with Crippen molar-refractivity contribution in [3.63, 3.8) is 0 Å². The molecule has 5 nitrogen and oxygen atoms in total. The summed E-state index contributed by atoms with van der Waals surface area (Å²) in [5.74, 6) is 0. The number of carbonyl (C=O) groups is 1. The fourth-order valence-corrected chi connectivity index (χ4v) is 2.57. The Morgan fingerprint density at radius 1 is 1.07 bits per heavy atom. The second-order valence-electron chi connectivity index (χ2n) is 8.48. The molecule has 0 aromatic heterocycles. The maximum Gasteiger partial charge on any atom is 0.495 e. The van der Waals surface area contributed by atoms with Gasteiger partial charge in [-0.1, -0.05) is 12.1 Å². The van der Waals surface area contributed by atoms with E-state index in [4.69, 9.17) is 14.0 Å². The van der Waals surface area contributed by atoms with Crippen LogP contribution in [-0.4, -0.2) is 30.0 Å². The molecule has 1 aliphatic heterocycles. The second-order valence-corrected chi connectivity index (χ2v) is 8.48. The molecule has 2 rings (SSSR count). The molecule has 0 atom stereocenters. The Bertz CT molecular complexity index is 710. The predicted molar refractivity (Wildman–Crippen MR) is 97.0 cm³/mol. The average molecular weight is 387 g/mol. The summed E-state index contributed by atoms with van der Waals surface area (Å²) in [4.78, 5) is 12.0. The van der Waals surface area contributed by atoms with Crippen LogP contribution in [0.2, 0.25) is 0 Å². The minimum Gasteiger partial charge on any atom is -0.444 e. The highest BCUT2D eigenvalue weighted by Gasteiger charge is 2.54. The van der Waals surface area contributed by atoms with Gasteiger partial charge < -0.3 is 14.0 Å². The number of alkyl halides is 3. The van der Waals surface area contributed by atoms with Crippen molar-refractivity contribution in [2.45, 2.75) is 71.4 Å². The molecule has 27 heavy (non-hydrogen) atoms. The molecule has 1 N–H and O–H groups in total. The lowest BCUT2D eigenvalue weighted by Crippen LogP contribution is -2.41. The monoisotopic (exact) mass is 387 g/mol. The van der Waals surface area contributed by atoms with Crippen LogP contribution in [0, 0.1) is 0 Å². The molecule has 1 heterocycles. The molecule has 0 radical (unpaired) electrons. The fourth-order valence-electron chi connectivity index (χ4n) is 2.57. The van der Waals surface area contributed by atoms with Crippen molar-refractivity contribution in [2.75, 3.05) is 5.32 Å². The van der Waals surface area contributed by atoms with Gasteiger partial charge in [0, 0.05) is 0 Å². The molecule has 0 bridgehead atoms. The number of halogens is 3. The van der Waals surface area contributed by atoms with Gasteiger partial charge in [0.2, 0.25) is 0 Å². The molecule has 0 unspecified atom stereocenters. The van der Waals surface area contributed by atoms with Gasteiger partial charge in [0.25, 0.3) is 0 Å². The van der Waals surface area contributed by atoms with Crippen molar-refractivity contribution in [3.05, 3.63) is 23.8 Å². The summed E-state index contributed by atoms with van der Waals surface area (Å²) in [6.07, 6.45) is -5.70. The van der Waals surface area contributed by atoms with Crippen LogP contribution in [0.3, 0.4) is 0 Å². The van der Waals surface area contributed by atoms with Gasteiger partial charge in [0.1, 0.15) is 5.60 Å². The maximum absolute atomic E-state index is 13.8. The summed E-state index contributed by atoms with van der Waals surface area (Å²) in [7, 11) is -1.22. The first kappa shape index (κ1) is 21.6. The minimum atomic E-state index is -4.73. The molecule has 1 amide bonds. The van der Waals surface area contributed by atoms with E-state index in [9.17, 15) is 18.0 Å². The highest BCUT2D eigenvalue weighted by Crippen LogP contribution is 2.39. The van der Waals surface area contributed by atoms with Crippen molar-refractivity contribution in [2.24, 2.45) is 0 Å². The van der Waals surface area contributed by atoms with Gasteiger partial charge >= 0.3 is 19.4 Å². The molecular weight excluding hydrogens is 362 g/mol. The number of hydrogen-bond acceptors (Lipinski definition) is 4. The number of anilines is 1. The lowest BCUT2D eigenvalue weighted by Gasteiger charge is -2.32. The average Bonchev–Trinajstić information content (AvgIpc) is 2.63. The summed E-state index contributed by atoms with van der Waals surface area (Å²) in [5.41, 5.74) is -4.07. The summed E-state index contributed by atoms with van der Waals surface area (Å²) < 4.78 is 58.1. The smallest absolute Gasteiger partial charge is 0.444 e. The summed E-state index contributed by atoms with van der Waals surface area (Å²) in [6, 6.07) is 3.86. The molecule has 1 fully saturated rings. The summed E-state index contributed by atoms with van der Waals surface area (Å²) >= 11 is 0. The van der Waals surface area contributed by atoms with Crippen LogP contribution < -0.4 is 10.8 Å². The Morgan fingerprint density at radius 3 is 2.04 bits per heavy atom. The number of nitrogens with one attached hydrogen (secondary N) is 1. The third-order valence-corrected chi connectivity index (χ3v) is 4.52. The number of amides is 1. The molecule has 1 aliphatic rings. The quantitative estimate of drug-likeness (QED) is 0.767. The zero-order chi connectivity index (χ0) is 20.8. The van der Waals surface area contributed by atoms with Gasteiger partial charge in [-0.15, -0.1) is 0 Å². The molecule has 0 aliphatic carbocycles. The molecule has 9 heteroatoms. The largest absolute Gasteiger partial charge is 0.495 e. The Hall–Kier alpha value is -1.74. The van der Waals surface area contributed by atoms with Crippen LogP contribution in [0.5, 0.6) is 0 Å². The van der Waals surface area contributed by atoms with Crippen LogP contribution in [-0.2, 0) is 20.2 Å².